The molecule has 0 atom stereocenters. The second kappa shape index (κ2) is 6.21. The third-order valence-corrected chi connectivity index (χ3v) is 4.05. The van der Waals surface area contributed by atoms with Crippen LogP contribution in [0.1, 0.15) is 17.0 Å². The topological polar surface area (TPSA) is 39.1 Å². The molecule has 0 spiro atoms. The van der Waals surface area contributed by atoms with Gasteiger partial charge in [-0.3, -0.25) is 4.68 Å². The van der Waals surface area contributed by atoms with Crippen molar-refractivity contribution in [2.75, 3.05) is 7.11 Å². The molecular weight excluding hydrogens is 306 g/mol. The van der Waals surface area contributed by atoms with Crippen molar-refractivity contribution in [1.29, 1.82) is 0 Å². The summed E-state index contributed by atoms with van der Waals surface area (Å²) in [6.07, 6.45) is 0. The number of nitrogens with zero attached hydrogens (tertiary/aromatic N) is 2. The molecule has 1 aromatic carbocycles. The van der Waals surface area contributed by atoms with E-state index in [2.05, 4.69) is 32.4 Å². The Hall–Kier alpha value is -1.33. The summed E-state index contributed by atoms with van der Waals surface area (Å²) in [5.41, 5.74) is 3.37. The predicted molar refractivity (Wildman–Crippen MR) is 79.2 cm³/mol. The van der Waals surface area contributed by atoms with Crippen LogP contribution in [-0.4, -0.2) is 16.9 Å². The highest BCUT2D eigenvalue weighted by Crippen LogP contribution is 2.20. The van der Waals surface area contributed by atoms with Gasteiger partial charge in [0, 0.05) is 20.1 Å². The van der Waals surface area contributed by atoms with Gasteiger partial charge in [0.25, 0.3) is 0 Å². The third-order valence-electron chi connectivity index (χ3n) is 3.02. The SMILES string of the molecule is COc1cccc(CNCc2c(Br)c(C)nn2C)c1. The molecule has 1 aromatic heterocycles. The van der Waals surface area contributed by atoms with Crippen molar-refractivity contribution in [3.63, 3.8) is 0 Å². The van der Waals surface area contributed by atoms with E-state index in [-0.39, 0.29) is 0 Å². The minimum Gasteiger partial charge on any atom is -0.497 e. The zero-order valence-electron chi connectivity index (χ0n) is 11.4. The van der Waals surface area contributed by atoms with Crippen LogP contribution < -0.4 is 10.1 Å². The first kappa shape index (κ1) is 14.1. The van der Waals surface area contributed by atoms with Gasteiger partial charge in [0.05, 0.1) is 23.0 Å². The molecule has 0 bridgehead atoms. The Bertz CT molecular complexity index is 566. The number of hydrogen-bond donors (Lipinski definition) is 1. The molecule has 2 aromatic rings. The average molecular weight is 324 g/mol. The van der Waals surface area contributed by atoms with E-state index in [0.717, 1.165) is 34.7 Å². The second-order valence-electron chi connectivity index (χ2n) is 4.42. The van der Waals surface area contributed by atoms with Crippen molar-refractivity contribution in [2.45, 2.75) is 20.0 Å². The summed E-state index contributed by atoms with van der Waals surface area (Å²) in [5.74, 6) is 0.886. The smallest absolute Gasteiger partial charge is 0.119 e. The van der Waals surface area contributed by atoms with Gasteiger partial charge in [0.1, 0.15) is 5.75 Å². The largest absolute Gasteiger partial charge is 0.497 e. The van der Waals surface area contributed by atoms with Crippen LogP contribution in [-0.2, 0) is 20.1 Å². The van der Waals surface area contributed by atoms with Crippen molar-refractivity contribution in [3.8, 4) is 5.75 Å². The van der Waals surface area contributed by atoms with Crippen LogP contribution in [0.4, 0.5) is 0 Å². The van der Waals surface area contributed by atoms with Gasteiger partial charge in [-0.25, -0.2) is 0 Å². The lowest BCUT2D eigenvalue weighted by Crippen LogP contribution is -2.15. The molecule has 4 nitrogen and oxygen atoms in total. The van der Waals surface area contributed by atoms with Crippen LogP contribution in [0.25, 0.3) is 0 Å². The first-order chi connectivity index (χ1) is 9.11. The number of hydrogen-bond acceptors (Lipinski definition) is 3. The normalized spacial score (nSPS) is 10.7. The Kier molecular flexibility index (Phi) is 4.61. The number of halogens is 1. The molecule has 0 aliphatic heterocycles. The van der Waals surface area contributed by atoms with Gasteiger partial charge in [-0.2, -0.15) is 5.10 Å². The van der Waals surface area contributed by atoms with Crippen LogP contribution in [0.2, 0.25) is 0 Å². The molecule has 19 heavy (non-hydrogen) atoms. The summed E-state index contributed by atoms with van der Waals surface area (Å²) in [5, 5.41) is 7.79. The van der Waals surface area contributed by atoms with Crippen LogP contribution in [0, 0.1) is 6.92 Å². The molecule has 0 amide bonds. The monoisotopic (exact) mass is 323 g/mol. The fourth-order valence-electron chi connectivity index (χ4n) is 1.98. The number of rotatable bonds is 5. The molecule has 0 radical (unpaired) electrons. The summed E-state index contributed by atoms with van der Waals surface area (Å²) in [6, 6.07) is 8.07. The lowest BCUT2D eigenvalue weighted by atomic mass is 10.2. The molecule has 0 aliphatic rings. The summed E-state index contributed by atoms with van der Waals surface area (Å²) in [4.78, 5) is 0. The summed E-state index contributed by atoms with van der Waals surface area (Å²) < 4.78 is 8.19. The van der Waals surface area contributed by atoms with Crippen molar-refractivity contribution < 1.29 is 4.74 Å². The Labute approximate surface area is 121 Å². The zero-order chi connectivity index (χ0) is 13.8. The quantitative estimate of drug-likeness (QED) is 0.919. The molecule has 0 fully saturated rings. The summed E-state index contributed by atoms with van der Waals surface area (Å²) >= 11 is 3.57. The molecule has 1 N–H and O–H groups in total. The zero-order valence-corrected chi connectivity index (χ0v) is 13.0. The molecule has 102 valence electrons. The van der Waals surface area contributed by atoms with Crippen LogP contribution in [0.3, 0.4) is 0 Å². The highest BCUT2D eigenvalue weighted by molar-refractivity contribution is 9.10. The standard InChI is InChI=1S/C14H18BrN3O/c1-10-14(15)13(18(2)17-10)9-16-8-11-5-4-6-12(7-11)19-3/h4-7,16H,8-9H2,1-3H3. The Morgan fingerprint density at radius 1 is 1.37 bits per heavy atom. The van der Waals surface area contributed by atoms with Crippen molar-refractivity contribution in [2.24, 2.45) is 7.05 Å². The van der Waals surface area contributed by atoms with E-state index in [1.54, 1.807) is 7.11 Å². The maximum absolute atomic E-state index is 5.21. The van der Waals surface area contributed by atoms with E-state index in [1.165, 1.54) is 5.56 Å². The summed E-state index contributed by atoms with van der Waals surface area (Å²) in [7, 11) is 3.64. The molecule has 1 heterocycles. The van der Waals surface area contributed by atoms with E-state index in [1.807, 2.05) is 36.9 Å². The third kappa shape index (κ3) is 3.36. The first-order valence-corrected chi connectivity index (χ1v) is 6.92. The van der Waals surface area contributed by atoms with Crippen molar-refractivity contribution >= 4 is 15.9 Å². The van der Waals surface area contributed by atoms with Crippen LogP contribution in [0.5, 0.6) is 5.75 Å². The van der Waals surface area contributed by atoms with Crippen molar-refractivity contribution in [3.05, 3.63) is 45.7 Å². The van der Waals surface area contributed by atoms with Crippen LogP contribution >= 0.6 is 15.9 Å². The number of benzene rings is 1. The van der Waals surface area contributed by atoms with E-state index in [9.17, 15) is 0 Å². The molecular formula is C14H18BrN3O. The fourth-order valence-corrected chi connectivity index (χ4v) is 2.46. The Balaban J connectivity index is 1.96. The first-order valence-electron chi connectivity index (χ1n) is 6.13. The average Bonchev–Trinajstić information content (AvgIpc) is 2.65. The van der Waals surface area contributed by atoms with E-state index in [0.29, 0.717) is 0 Å². The molecule has 0 saturated carbocycles. The lowest BCUT2D eigenvalue weighted by molar-refractivity contribution is 0.414. The highest BCUT2D eigenvalue weighted by Gasteiger charge is 2.09. The molecule has 0 unspecified atom stereocenters. The Morgan fingerprint density at radius 2 is 2.16 bits per heavy atom. The Morgan fingerprint density at radius 3 is 2.79 bits per heavy atom. The van der Waals surface area contributed by atoms with Gasteiger partial charge in [0.15, 0.2) is 0 Å². The predicted octanol–water partition coefficient (Wildman–Crippen LogP) is 2.79. The summed E-state index contributed by atoms with van der Waals surface area (Å²) in [6.45, 7) is 3.57. The van der Waals surface area contributed by atoms with E-state index < -0.39 is 0 Å². The van der Waals surface area contributed by atoms with Gasteiger partial charge in [0.2, 0.25) is 0 Å². The highest BCUT2D eigenvalue weighted by atomic mass is 79.9. The fraction of sp³-hybridized carbons (Fsp3) is 0.357. The van der Waals surface area contributed by atoms with Gasteiger partial charge < -0.3 is 10.1 Å². The van der Waals surface area contributed by atoms with Gasteiger partial charge in [-0.1, -0.05) is 12.1 Å². The number of aromatic nitrogens is 2. The number of ether oxygens (including phenoxy) is 1. The minimum absolute atomic E-state index is 0.773. The van der Waals surface area contributed by atoms with Crippen LogP contribution in [0.15, 0.2) is 28.7 Å². The number of nitrogens with one attached hydrogen (secondary N) is 1. The lowest BCUT2D eigenvalue weighted by Gasteiger charge is -2.07. The molecule has 2 rings (SSSR count). The van der Waals surface area contributed by atoms with E-state index in [4.69, 9.17) is 4.74 Å². The minimum atomic E-state index is 0.773. The maximum Gasteiger partial charge on any atom is 0.119 e. The second-order valence-corrected chi connectivity index (χ2v) is 5.22. The van der Waals surface area contributed by atoms with Gasteiger partial charge in [-0.15, -0.1) is 0 Å². The van der Waals surface area contributed by atoms with Crippen molar-refractivity contribution in [1.82, 2.24) is 15.1 Å². The van der Waals surface area contributed by atoms with Gasteiger partial charge in [-0.05, 0) is 40.5 Å². The maximum atomic E-state index is 5.21. The molecule has 0 saturated heterocycles. The number of methoxy groups -OCH3 is 1. The number of aryl methyl sites for hydroxylation is 2. The molecule has 0 aliphatic carbocycles. The van der Waals surface area contributed by atoms with Gasteiger partial charge >= 0.3 is 0 Å². The molecule has 5 heteroatoms. The van der Waals surface area contributed by atoms with E-state index >= 15 is 0 Å².